The van der Waals surface area contributed by atoms with E-state index >= 15 is 0 Å². The van der Waals surface area contributed by atoms with Crippen molar-refractivity contribution in [3.63, 3.8) is 0 Å². The Balaban J connectivity index is 2.16. The third kappa shape index (κ3) is 6.76. The number of non-ortho nitro benzene ring substituents is 1. The van der Waals surface area contributed by atoms with Gasteiger partial charge in [-0.05, 0) is 11.6 Å². The van der Waals surface area contributed by atoms with Crippen LogP contribution >= 0.6 is 0 Å². The molecule has 0 bridgehead atoms. The van der Waals surface area contributed by atoms with Gasteiger partial charge in [-0.15, -0.1) is 0 Å². The summed E-state index contributed by atoms with van der Waals surface area (Å²) in [6.45, 7) is 0. The van der Waals surface area contributed by atoms with Crippen molar-refractivity contribution in [1.82, 2.24) is 5.32 Å². The molecule has 29 heavy (non-hydrogen) atoms. The van der Waals surface area contributed by atoms with Crippen molar-refractivity contribution < 1.29 is 27.7 Å². The Morgan fingerprint density at radius 3 is 2.41 bits per heavy atom. The summed E-state index contributed by atoms with van der Waals surface area (Å²) in [5.74, 6) is -2.71. The fourth-order valence-corrected chi connectivity index (χ4v) is 2.34. The number of anilines is 1. The van der Waals surface area contributed by atoms with E-state index in [2.05, 4.69) is 10.6 Å². The standard InChI is InChI=1S/C19H16F3N3O4/c20-19(21,22)17(26)9-10-23-16(11-13-5-2-1-3-6-13)18(27)24-14-7-4-8-15(12-14)25(28)29/h1-10,12,16,23H,11H2,(H,24,27). The van der Waals surface area contributed by atoms with Crippen LogP contribution in [0.1, 0.15) is 5.56 Å². The Morgan fingerprint density at radius 2 is 1.79 bits per heavy atom. The molecule has 152 valence electrons. The van der Waals surface area contributed by atoms with Crippen LogP contribution in [0.25, 0.3) is 0 Å². The van der Waals surface area contributed by atoms with Gasteiger partial charge >= 0.3 is 6.18 Å². The lowest BCUT2D eigenvalue weighted by molar-refractivity contribution is -0.384. The maximum absolute atomic E-state index is 12.6. The second kappa shape index (κ2) is 9.49. The number of alkyl halides is 3. The average molecular weight is 407 g/mol. The Labute approximate surface area is 163 Å². The Kier molecular flexibility index (Phi) is 7.07. The van der Waals surface area contributed by atoms with E-state index in [0.29, 0.717) is 6.08 Å². The minimum Gasteiger partial charge on any atom is -0.379 e. The highest BCUT2D eigenvalue weighted by molar-refractivity contribution is 5.96. The predicted octanol–water partition coefficient (Wildman–Crippen LogP) is 3.38. The van der Waals surface area contributed by atoms with Crippen LogP contribution in [0.5, 0.6) is 0 Å². The maximum atomic E-state index is 12.6. The van der Waals surface area contributed by atoms with Crippen molar-refractivity contribution in [1.29, 1.82) is 0 Å². The van der Waals surface area contributed by atoms with E-state index in [1.54, 1.807) is 30.3 Å². The number of allylic oxidation sites excluding steroid dienone is 1. The number of amides is 1. The Hall–Kier alpha value is -3.69. The van der Waals surface area contributed by atoms with Gasteiger partial charge in [0, 0.05) is 36.5 Å². The number of benzene rings is 2. The number of carbonyl (C=O) groups is 2. The van der Waals surface area contributed by atoms with Gasteiger partial charge in [0.25, 0.3) is 11.5 Å². The number of nitrogens with one attached hydrogen (secondary N) is 2. The van der Waals surface area contributed by atoms with Gasteiger partial charge in [0.15, 0.2) is 0 Å². The molecule has 0 radical (unpaired) electrons. The lowest BCUT2D eigenvalue weighted by Gasteiger charge is -2.17. The number of ketones is 1. The molecule has 0 aliphatic rings. The number of carbonyl (C=O) groups excluding carboxylic acids is 2. The first-order valence-corrected chi connectivity index (χ1v) is 8.30. The molecule has 1 amide bonds. The minimum atomic E-state index is -5.02. The van der Waals surface area contributed by atoms with Crippen LogP contribution in [0.2, 0.25) is 0 Å². The zero-order chi connectivity index (χ0) is 21.4. The molecule has 0 heterocycles. The highest BCUT2D eigenvalue weighted by Gasteiger charge is 2.36. The summed E-state index contributed by atoms with van der Waals surface area (Å²) in [7, 11) is 0. The summed E-state index contributed by atoms with van der Waals surface area (Å²) >= 11 is 0. The summed E-state index contributed by atoms with van der Waals surface area (Å²) in [5.41, 5.74) is 0.639. The molecule has 0 saturated heterocycles. The molecule has 0 aliphatic carbocycles. The smallest absolute Gasteiger partial charge is 0.379 e. The molecule has 0 aromatic heterocycles. The number of rotatable bonds is 8. The van der Waals surface area contributed by atoms with Gasteiger partial charge in [0.05, 0.1) is 4.92 Å². The lowest BCUT2D eigenvalue weighted by atomic mass is 10.1. The molecule has 2 N–H and O–H groups in total. The molecule has 7 nitrogen and oxygen atoms in total. The SMILES string of the molecule is O=C(Nc1cccc([N+](=O)[O-])c1)C(Cc1ccccc1)NC=CC(=O)C(F)(F)F. The number of hydrogen-bond acceptors (Lipinski definition) is 5. The van der Waals surface area contributed by atoms with Crippen LogP contribution in [0, 0.1) is 10.1 Å². The Morgan fingerprint density at radius 1 is 1.10 bits per heavy atom. The molecule has 0 spiro atoms. The number of hydrogen-bond donors (Lipinski definition) is 2. The van der Waals surface area contributed by atoms with E-state index in [9.17, 15) is 32.9 Å². The van der Waals surface area contributed by atoms with Gasteiger partial charge in [-0.25, -0.2) is 0 Å². The second-order valence-corrected chi connectivity index (χ2v) is 5.90. The maximum Gasteiger partial charge on any atom is 0.454 e. The highest BCUT2D eigenvalue weighted by atomic mass is 19.4. The highest BCUT2D eigenvalue weighted by Crippen LogP contribution is 2.18. The van der Waals surface area contributed by atoms with E-state index < -0.39 is 28.8 Å². The molecule has 1 atom stereocenters. The fraction of sp³-hybridized carbons (Fsp3) is 0.158. The first kappa shape index (κ1) is 21.6. The first-order chi connectivity index (χ1) is 13.7. The molecular formula is C19H16F3N3O4. The van der Waals surface area contributed by atoms with Gasteiger partial charge in [0.2, 0.25) is 5.91 Å². The zero-order valence-corrected chi connectivity index (χ0v) is 14.8. The molecule has 1 unspecified atom stereocenters. The topological polar surface area (TPSA) is 101 Å². The normalized spacial score (nSPS) is 12.4. The molecule has 0 aliphatic heterocycles. The van der Waals surface area contributed by atoms with Crippen LogP contribution in [0.3, 0.4) is 0 Å². The molecular weight excluding hydrogens is 391 g/mol. The van der Waals surface area contributed by atoms with Crippen LogP contribution in [0.15, 0.2) is 66.9 Å². The molecule has 2 aromatic carbocycles. The van der Waals surface area contributed by atoms with Crippen molar-refractivity contribution in [2.45, 2.75) is 18.6 Å². The van der Waals surface area contributed by atoms with E-state index in [1.807, 2.05) is 0 Å². The van der Waals surface area contributed by atoms with E-state index in [-0.39, 0.29) is 17.8 Å². The molecule has 0 saturated carbocycles. The van der Waals surface area contributed by atoms with E-state index in [1.165, 1.54) is 18.2 Å². The summed E-state index contributed by atoms with van der Waals surface area (Å²) in [6.07, 6.45) is -3.86. The van der Waals surface area contributed by atoms with Crippen molar-refractivity contribution >= 4 is 23.1 Å². The quantitative estimate of drug-likeness (QED) is 0.397. The number of nitrogens with zero attached hydrogens (tertiary/aromatic N) is 1. The van der Waals surface area contributed by atoms with Crippen molar-refractivity contribution in [3.05, 3.63) is 82.6 Å². The number of halogens is 3. The van der Waals surface area contributed by atoms with Crippen LogP contribution in [-0.4, -0.2) is 28.8 Å². The molecule has 2 aromatic rings. The third-order valence-corrected chi connectivity index (χ3v) is 3.74. The summed E-state index contributed by atoms with van der Waals surface area (Å²) in [4.78, 5) is 33.8. The summed E-state index contributed by atoms with van der Waals surface area (Å²) in [5, 5.41) is 15.8. The van der Waals surface area contributed by atoms with Crippen molar-refractivity contribution in [2.75, 3.05) is 5.32 Å². The van der Waals surface area contributed by atoms with E-state index in [4.69, 9.17) is 0 Å². The monoisotopic (exact) mass is 407 g/mol. The third-order valence-electron chi connectivity index (χ3n) is 3.74. The van der Waals surface area contributed by atoms with E-state index in [0.717, 1.165) is 17.8 Å². The van der Waals surface area contributed by atoms with Gasteiger partial charge < -0.3 is 10.6 Å². The number of nitro benzene ring substituents is 1. The van der Waals surface area contributed by atoms with Gasteiger partial charge in [0.1, 0.15) is 6.04 Å². The Bertz CT molecular complexity index is 914. The first-order valence-electron chi connectivity index (χ1n) is 8.30. The van der Waals surface area contributed by atoms with Crippen molar-refractivity contribution in [3.8, 4) is 0 Å². The van der Waals surface area contributed by atoms with Crippen LogP contribution < -0.4 is 10.6 Å². The average Bonchev–Trinajstić information content (AvgIpc) is 2.67. The zero-order valence-electron chi connectivity index (χ0n) is 14.8. The van der Waals surface area contributed by atoms with Crippen LogP contribution in [-0.2, 0) is 16.0 Å². The van der Waals surface area contributed by atoms with Gasteiger partial charge in [-0.2, -0.15) is 13.2 Å². The van der Waals surface area contributed by atoms with Gasteiger partial charge in [-0.1, -0.05) is 36.4 Å². The van der Waals surface area contributed by atoms with Gasteiger partial charge in [-0.3, -0.25) is 19.7 Å². The van der Waals surface area contributed by atoms with Crippen LogP contribution in [0.4, 0.5) is 24.5 Å². The second-order valence-electron chi connectivity index (χ2n) is 5.90. The lowest BCUT2D eigenvalue weighted by Crippen LogP contribution is -2.39. The van der Waals surface area contributed by atoms with Crippen molar-refractivity contribution in [2.24, 2.45) is 0 Å². The molecule has 10 heteroatoms. The largest absolute Gasteiger partial charge is 0.454 e. The minimum absolute atomic E-state index is 0.103. The number of nitro groups is 1. The fourth-order valence-electron chi connectivity index (χ4n) is 2.34. The predicted molar refractivity (Wildman–Crippen MR) is 99.0 cm³/mol. The molecule has 2 rings (SSSR count). The molecule has 0 fully saturated rings. The summed E-state index contributed by atoms with van der Waals surface area (Å²) in [6, 6.07) is 12.9. The summed E-state index contributed by atoms with van der Waals surface area (Å²) < 4.78 is 36.9.